The van der Waals surface area contributed by atoms with Gasteiger partial charge >= 0.3 is 5.97 Å². The number of hydrogen-bond acceptors (Lipinski definition) is 19. The second-order valence-electron chi connectivity index (χ2n) is 8.77. The molecule has 0 radical (unpaired) electrons. The van der Waals surface area contributed by atoms with Gasteiger partial charge in [-0.15, -0.1) is 0 Å². The maximum atomic E-state index is 11.6. The zero-order chi connectivity index (χ0) is 36.6. The maximum Gasteiger partial charge on any atom is 0.309 e. The second kappa shape index (κ2) is 47.2. The third-order valence-electron chi connectivity index (χ3n) is 4.53. The molecule has 0 aromatic heterocycles. The van der Waals surface area contributed by atoms with Crippen LogP contribution in [0.2, 0.25) is 0 Å². The van der Waals surface area contributed by atoms with Crippen molar-refractivity contribution in [2.24, 2.45) is 5.92 Å². The van der Waals surface area contributed by atoms with Gasteiger partial charge in [0.25, 0.3) is 0 Å². The predicted octanol–water partition coefficient (Wildman–Crippen LogP) is -7.24. The van der Waals surface area contributed by atoms with Crippen molar-refractivity contribution in [2.45, 2.75) is 76.2 Å². The first kappa shape index (κ1) is 56.1. The standard InChI is InChI=1S/C11H22O4.5C3H8O3/c1-3-5-6-9(4-2)11(14)15-10(7-12)8-13;5*4-1-3(6)2-5/h9-10,12-13H,3-8H2,1-2H3;5*3-6H,1-2H2. The fraction of sp³-hybridized carbons (Fsp3) is 0.962. The lowest BCUT2D eigenvalue weighted by atomic mass is 10.00. The quantitative estimate of drug-likeness (QED) is 0.0598. The van der Waals surface area contributed by atoms with Gasteiger partial charge in [-0.3, -0.25) is 4.79 Å². The SMILES string of the molecule is CCCCC(CC)C(=O)OC(CO)CO.OCC(O)CO.OCC(O)CO.OCC(O)CO.OCC(O)CO.OCC(O)CO. The van der Waals surface area contributed by atoms with Crippen molar-refractivity contribution in [1.82, 2.24) is 0 Å². The molecule has 0 saturated carbocycles. The van der Waals surface area contributed by atoms with Gasteiger partial charge < -0.3 is 91.5 Å². The molecule has 45 heavy (non-hydrogen) atoms. The number of aliphatic hydroxyl groups is 17. The van der Waals surface area contributed by atoms with E-state index in [2.05, 4.69) is 6.92 Å². The van der Waals surface area contributed by atoms with Gasteiger partial charge in [0, 0.05) is 0 Å². The Bertz CT molecular complexity index is 439. The number of esters is 1. The molecular weight excluding hydrogens is 616 g/mol. The molecule has 0 aliphatic heterocycles. The summed E-state index contributed by atoms with van der Waals surface area (Å²) in [6, 6.07) is 0. The summed E-state index contributed by atoms with van der Waals surface area (Å²) in [4.78, 5) is 11.6. The van der Waals surface area contributed by atoms with E-state index in [1.807, 2.05) is 6.92 Å². The summed E-state index contributed by atoms with van der Waals surface area (Å²) < 4.78 is 4.96. The first-order valence-corrected chi connectivity index (χ1v) is 14.1. The Kier molecular flexibility index (Phi) is 58.9. The summed E-state index contributed by atoms with van der Waals surface area (Å²) in [5.41, 5.74) is 0. The average molecular weight is 679 g/mol. The van der Waals surface area contributed by atoms with Gasteiger partial charge in [-0.25, -0.2) is 0 Å². The summed E-state index contributed by atoms with van der Waals surface area (Å²) in [7, 11) is 0. The summed E-state index contributed by atoms with van der Waals surface area (Å²) >= 11 is 0. The van der Waals surface area contributed by atoms with Crippen molar-refractivity contribution in [2.75, 3.05) is 79.3 Å². The highest BCUT2D eigenvalue weighted by Gasteiger charge is 2.20. The van der Waals surface area contributed by atoms with Crippen molar-refractivity contribution in [3.05, 3.63) is 0 Å². The molecule has 0 heterocycles. The van der Waals surface area contributed by atoms with Gasteiger partial charge in [0.05, 0.1) is 85.2 Å². The predicted molar refractivity (Wildman–Crippen MR) is 158 cm³/mol. The first-order valence-electron chi connectivity index (χ1n) is 14.1. The molecule has 0 saturated heterocycles. The van der Waals surface area contributed by atoms with Crippen molar-refractivity contribution in [1.29, 1.82) is 0 Å². The lowest BCUT2D eigenvalue weighted by molar-refractivity contribution is -0.158. The summed E-state index contributed by atoms with van der Waals surface area (Å²) in [5.74, 6) is -0.412. The van der Waals surface area contributed by atoms with Crippen molar-refractivity contribution < 1.29 is 96.3 Å². The molecule has 19 heteroatoms. The Morgan fingerprint density at radius 2 is 0.711 bits per heavy atom. The molecule has 17 N–H and O–H groups in total. The van der Waals surface area contributed by atoms with E-state index in [0.29, 0.717) is 0 Å². The molecule has 0 aliphatic carbocycles. The first-order chi connectivity index (χ1) is 21.2. The van der Waals surface area contributed by atoms with Crippen LogP contribution in [0.1, 0.15) is 39.5 Å². The monoisotopic (exact) mass is 678 g/mol. The van der Waals surface area contributed by atoms with Crippen LogP contribution in [-0.4, -0.2) is 209 Å². The fourth-order valence-corrected chi connectivity index (χ4v) is 1.62. The van der Waals surface area contributed by atoms with Gasteiger partial charge in [-0.2, -0.15) is 0 Å². The van der Waals surface area contributed by atoms with E-state index in [4.69, 9.17) is 91.5 Å². The van der Waals surface area contributed by atoms with Gasteiger partial charge in [-0.05, 0) is 12.8 Å². The average Bonchev–Trinajstić information content (AvgIpc) is 3.09. The van der Waals surface area contributed by atoms with Gasteiger partial charge in [0.2, 0.25) is 0 Å². The Labute approximate surface area is 264 Å². The Morgan fingerprint density at radius 3 is 0.844 bits per heavy atom. The lowest BCUT2D eigenvalue weighted by Gasteiger charge is -2.18. The number of hydrogen-bond donors (Lipinski definition) is 17. The van der Waals surface area contributed by atoms with Gasteiger partial charge in [0.15, 0.2) is 0 Å². The van der Waals surface area contributed by atoms with Crippen LogP contribution < -0.4 is 0 Å². The molecule has 1 atom stereocenters. The number of carbonyl (C=O) groups is 1. The second-order valence-corrected chi connectivity index (χ2v) is 8.77. The molecule has 0 fully saturated rings. The smallest absolute Gasteiger partial charge is 0.309 e. The van der Waals surface area contributed by atoms with Crippen molar-refractivity contribution >= 4 is 5.97 Å². The molecule has 280 valence electrons. The Morgan fingerprint density at radius 1 is 0.467 bits per heavy atom. The Balaban J connectivity index is -0.000000108. The minimum atomic E-state index is -0.954. The zero-order valence-corrected chi connectivity index (χ0v) is 26.3. The van der Waals surface area contributed by atoms with Crippen LogP contribution in [0.4, 0.5) is 0 Å². The highest BCUT2D eigenvalue weighted by Crippen LogP contribution is 2.15. The third-order valence-corrected chi connectivity index (χ3v) is 4.53. The summed E-state index contributed by atoms with van der Waals surface area (Å²) in [6.45, 7) is -0.289. The van der Waals surface area contributed by atoms with Gasteiger partial charge in [-0.1, -0.05) is 26.7 Å². The number of carbonyl (C=O) groups excluding carboxylic acids is 1. The molecule has 0 aliphatic rings. The highest BCUT2D eigenvalue weighted by molar-refractivity contribution is 5.72. The lowest BCUT2D eigenvalue weighted by Crippen LogP contribution is -2.29. The number of rotatable bonds is 18. The van der Waals surface area contributed by atoms with Gasteiger partial charge in [0.1, 0.15) is 36.6 Å². The number of ether oxygens (including phenoxy) is 1. The van der Waals surface area contributed by atoms with Crippen LogP contribution in [0.15, 0.2) is 0 Å². The van der Waals surface area contributed by atoms with Crippen molar-refractivity contribution in [3.8, 4) is 0 Å². The van der Waals surface area contributed by atoms with E-state index in [0.717, 1.165) is 25.7 Å². The molecule has 0 spiro atoms. The number of unbranched alkanes of at least 4 members (excludes halogenated alkanes) is 1. The van der Waals surface area contributed by atoms with Crippen LogP contribution in [-0.2, 0) is 9.53 Å². The van der Waals surface area contributed by atoms with Crippen LogP contribution in [0.3, 0.4) is 0 Å². The Hall–Kier alpha value is -1.21. The third kappa shape index (κ3) is 52.6. The van der Waals surface area contributed by atoms with E-state index in [-0.39, 0.29) is 91.2 Å². The number of aliphatic hydroxyl groups excluding tert-OH is 17. The minimum absolute atomic E-state index is 0.106. The van der Waals surface area contributed by atoms with Crippen LogP contribution in [0, 0.1) is 5.92 Å². The van der Waals surface area contributed by atoms with Crippen LogP contribution in [0.5, 0.6) is 0 Å². The van der Waals surface area contributed by atoms with Crippen LogP contribution in [0.25, 0.3) is 0 Å². The zero-order valence-electron chi connectivity index (χ0n) is 26.3. The highest BCUT2D eigenvalue weighted by atomic mass is 16.6. The molecule has 19 nitrogen and oxygen atoms in total. The fourth-order valence-electron chi connectivity index (χ4n) is 1.62. The van der Waals surface area contributed by atoms with E-state index >= 15 is 0 Å². The summed E-state index contributed by atoms with van der Waals surface area (Å²) in [6.07, 6.45) is -1.94. The van der Waals surface area contributed by atoms with Crippen molar-refractivity contribution in [3.63, 3.8) is 0 Å². The molecular formula is C26H62O19. The minimum Gasteiger partial charge on any atom is -0.457 e. The maximum absolute atomic E-state index is 11.6. The largest absolute Gasteiger partial charge is 0.457 e. The molecule has 1 unspecified atom stereocenters. The molecule has 0 amide bonds. The summed E-state index contributed by atoms with van der Waals surface area (Å²) in [5, 5.41) is 138. The topological polar surface area (TPSA) is 370 Å². The van der Waals surface area contributed by atoms with E-state index in [9.17, 15) is 4.79 Å². The van der Waals surface area contributed by atoms with Crippen LogP contribution >= 0.6 is 0 Å². The molecule has 0 aromatic carbocycles. The van der Waals surface area contributed by atoms with E-state index < -0.39 is 36.6 Å². The molecule has 0 rings (SSSR count). The normalized spacial score (nSPS) is 11.0. The molecule has 0 aromatic rings. The molecule has 0 bridgehead atoms. The van der Waals surface area contributed by atoms with E-state index in [1.165, 1.54) is 0 Å². The van der Waals surface area contributed by atoms with E-state index in [1.54, 1.807) is 0 Å².